The molecule has 7 nitrogen and oxygen atoms in total. The molecule has 0 radical (unpaired) electrons. The Morgan fingerprint density at radius 2 is 1.96 bits per heavy atom. The number of hydrogen-bond acceptors (Lipinski definition) is 5. The zero-order valence-electron chi connectivity index (χ0n) is 13.6. The van der Waals surface area contributed by atoms with Gasteiger partial charge in [-0.1, -0.05) is 0 Å². The van der Waals surface area contributed by atoms with E-state index in [4.69, 9.17) is 4.74 Å². The molecule has 136 valence electrons. The molecule has 2 fully saturated rings. The molecule has 0 aliphatic carbocycles. The Labute approximate surface area is 150 Å². The minimum Gasteiger partial charge on any atom is -0.379 e. The first kappa shape index (κ1) is 22.4. The molecule has 0 spiro atoms. The van der Waals surface area contributed by atoms with E-state index in [2.05, 4.69) is 15.5 Å². The molecule has 1 unspecified atom stereocenters. The van der Waals surface area contributed by atoms with E-state index in [1.807, 2.05) is 11.9 Å². The van der Waals surface area contributed by atoms with Crippen LogP contribution in [0.4, 0.5) is 0 Å². The lowest BCUT2D eigenvalue weighted by Crippen LogP contribution is -2.43. The fourth-order valence-corrected chi connectivity index (χ4v) is 2.71. The van der Waals surface area contributed by atoms with E-state index in [1.54, 1.807) is 0 Å². The van der Waals surface area contributed by atoms with Gasteiger partial charge in [-0.3, -0.25) is 14.5 Å². The van der Waals surface area contributed by atoms with Crippen molar-refractivity contribution in [1.29, 1.82) is 0 Å². The number of halogens is 2. The summed E-state index contributed by atoms with van der Waals surface area (Å²) in [5.41, 5.74) is 0. The first-order chi connectivity index (χ1) is 10.2. The molecule has 0 saturated carbocycles. The highest BCUT2D eigenvalue weighted by Crippen LogP contribution is 2.11. The maximum Gasteiger partial charge on any atom is 0.224 e. The number of amides is 2. The van der Waals surface area contributed by atoms with Gasteiger partial charge in [-0.25, -0.2) is 0 Å². The van der Waals surface area contributed by atoms with E-state index < -0.39 is 0 Å². The van der Waals surface area contributed by atoms with Gasteiger partial charge in [-0.2, -0.15) is 0 Å². The number of morpholine rings is 1. The van der Waals surface area contributed by atoms with Crippen molar-refractivity contribution in [3.05, 3.63) is 0 Å². The fourth-order valence-electron chi connectivity index (χ4n) is 2.71. The van der Waals surface area contributed by atoms with Gasteiger partial charge in [0.15, 0.2) is 0 Å². The van der Waals surface area contributed by atoms with Crippen LogP contribution >= 0.6 is 24.8 Å². The van der Waals surface area contributed by atoms with Crippen LogP contribution in [0.1, 0.15) is 12.8 Å². The molecule has 2 saturated heterocycles. The number of carbonyl (C=O) groups is 2. The Balaban J connectivity index is 0.00000242. The van der Waals surface area contributed by atoms with E-state index in [0.29, 0.717) is 25.9 Å². The number of rotatable bonds is 7. The molecule has 2 aliphatic heterocycles. The van der Waals surface area contributed by atoms with Crippen molar-refractivity contribution in [3.63, 3.8) is 0 Å². The molecule has 2 amide bonds. The summed E-state index contributed by atoms with van der Waals surface area (Å²) >= 11 is 0. The van der Waals surface area contributed by atoms with E-state index in [-0.39, 0.29) is 42.7 Å². The van der Waals surface area contributed by atoms with E-state index >= 15 is 0 Å². The van der Waals surface area contributed by atoms with Crippen molar-refractivity contribution < 1.29 is 14.3 Å². The molecule has 2 N–H and O–H groups in total. The van der Waals surface area contributed by atoms with Crippen molar-refractivity contribution in [1.82, 2.24) is 20.4 Å². The van der Waals surface area contributed by atoms with Crippen molar-refractivity contribution in [2.24, 2.45) is 0 Å². The third kappa shape index (κ3) is 7.67. The number of carbonyl (C=O) groups excluding carboxylic acids is 2. The van der Waals surface area contributed by atoms with Crippen molar-refractivity contribution >= 4 is 36.6 Å². The molecular formula is C14H28Cl2N4O3. The highest BCUT2D eigenvalue weighted by Gasteiger charge is 2.30. The van der Waals surface area contributed by atoms with Gasteiger partial charge >= 0.3 is 0 Å². The second-order valence-corrected chi connectivity index (χ2v) is 5.62. The molecule has 2 heterocycles. The van der Waals surface area contributed by atoms with Crippen molar-refractivity contribution in [2.45, 2.75) is 18.9 Å². The number of nitrogens with zero attached hydrogens (tertiary/aromatic N) is 2. The van der Waals surface area contributed by atoms with E-state index in [0.717, 1.165) is 39.4 Å². The van der Waals surface area contributed by atoms with Crippen LogP contribution in [0.3, 0.4) is 0 Å². The summed E-state index contributed by atoms with van der Waals surface area (Å²) in [5, 5.41) is 5.88. The lowest BCUT2D eigenvalue weighted by Gasteiger charge is -2.28. The average molecular weight is 371 g/mol. The van der Waals surface area contributed by atoms with Crippen LogP contribution in [0, 0.1) is 0 Å². The van der Waals surface area contributed by atoms with E-state index in [9.17, 15) is 9.59 Å². The molecule has 2 rings (SSSR count). The molecule has 1 atom stereocenters. The number of ether oxygens (including phenoxy) is 1. The number of nitrogens with one attached hydrogen (secondary N) is 2. The predicted molar refractivity (Wildman–Crippen MR) is 93.4 cm³/mol. The van der Waals surface area contributed by atoms with Crippen molar-refractivity contribution in [3.8, 4) is 0 Å². The second kappa shape index (κ2) is 11.9. The normalized spacial score (nSPS) is 21.5. The summed E-state index contributed by atoms with van der Waals surface area (Å²) < 4.78 is 5.31. The van der Waals surface area contributed by atoms with Crippen LogP contribution in [0.2, 0.25) is 0 Å². The standard InChI is InChI=1S/C14H26N4O3.2ClH/c1-15-3-2-13(19)16-12-10-14(20)18(11-12)5-4-17-6-8-21-9-7-17;;/h12,15H,2-11H2,1H3,(H,16,19);2*1H. The summed E-state index contributed by atoms with van der Waals surface area (Å²) in [5.74, 6) is 0.152. The molecular weight excluding hydrogens is 343 g/mol. The van der Waals surface area contributed by atoms with Gasteiger partial charge in [-0.15, -0.1) is 24.8 Å². The van der Waals surface area contributed by atoms with Crippen LogP contribution in [0.5, 0.6) is 0 Å². The highest BCUT2D eigenvalue weighted by molar-refractivity contribution is 5.85. The first-order valence-electron chi connectivity index (χ1n) is 7.71. The lowest BCUT2D eigenvalue weighted by atomic mass is 10.2. The van der Waals surface area contributed by atoms with Crippen molar-refractivity contribution in [2.75, 3.05) is 59.5 Å². The fraction of sp³-hybridized carbons (Fsp3) is 0.857. The molecule has 0 aromatic carbocycles. The molecule has 2 aliphatic rings. The van der Waals surface area contributed by atoms with Gasteiger partial charge in [0, 0.05) is 52.1 Å². The largest absolute Gasteiger partial charge is 0.379 e. The topological polar surface area (TPSA) is 73.9 Å². The van der Waals surface area contributed by atoms with Gasteiger partial charge in [0.1, 0.15) is 0 Å². The third-order valence-corrected chi connectivity index (χ3v) is 3.97. The smallest absolute Gasteiger partial charge is 0.224 e. The van der Waals surface area contributed by atoms with Crippen LogP contribution in [-0.2, 0) is 14.3 Å². The summed E-state index contributed by atoms with van der Waals surface area (Å²) in [6.45, 7) is 6.34. The first-order valence-corrected chi connectivity index (χ1v) is 7.71. The monoisotopic (exact) mass is 370 g/mol. The summed E-state index contributed by atoms with van der Waals surface area (Å²) in [7, 11) is 1.82. The van der Waals surface area contributed by atoms with Gasteiger partial charge < -0.3 is 20.3 Å². The lowest BCUT2D eigenvalue weighted by molar-refractivity contribution is -0.128. The molecule has 0 aromatic heterocycles. The quantitative estimate of drug-likeness (QED) is 0.631. The van der Waals surface area contributed by atoms with Gasteiger partial charge in [0.05, 0.1) is 19.3 Å². The second-order valence-electron chi connectivity index (χ2n) is 5.62. The van der Waals surface area contributed by atoms with Gasteiger partial charge in [-0.05, 0) is 7.05 Å². The maximum atomic E-state index is 12.0. The Morgan fingerprint density at radius 1 is 1.26 bits per heavy atom. The maximum absolute atomic E-state index is 12.0. The molecule has 23 heavy (non-hydrogen) atoms. The van der Waals surface area contributed by atoms with E-state index in [1.165, 1.54) is 0 Å². The van der Waals surface area contributed by atoms with Crippen LogP contribution < -0.4 is 10.6 Å². The summed E-state index contributed by atoms with van der Waals surface area (Å²) in [4.78, 5) is 27.8. The average Bonchev–Trinajstić information content (AvgIpc) is 2.84. The van der Waals surface area contributed by atoms with Gasteiger partial charge in [0.2, 0.25) is 11.8 Å². The minimum absolute atomic E-state index is 0. The number of likely N-dealkylation sites (tertiary alicyclic amines) is 1. The predicted octanol–water partition coefficient (Wildman–Crippen LogP) is -0.511. The Bertz CT molecular complexity index is 368. The Morgan fingerprint density at radius 3 is 2.61 bits per heavy atom. The zero-order valence-corrected chi connectivity index (χ0v) is 15.2. The SMILES string of the molecule is CNCCC(=O)NC1CC(=O)N(CCN2CCOCC2)C1.Cl.Cl. The number of hydrogen-bond donors (Lipinski definition) is 2. The minimum atomic E-state index is -0.0356. The Hall–Kier alpha value is -0.600. The molecule has 9 heteroatoms. The zero-order chi connectivity index (χ0) is 15.1. The van der Waals surface area contributed by atoms with Crippen LogP contribution in [0.15, 0.2) is 0 Å². The van der Waals surface area contributed by atoms with Crippen LogP contribution in [-0.4, -0.2) is 87.2 Å². The summed E-state index contributed by atoms with van der Waals surface area (Å²) in [6, 6.07) is -0.0356. The third-order valence-electron chi connectivity index (χ3n) is 3.97. The van der Waals surface area contributed by atoms with Gasteiger partial charge in [0.25, 0.3) is 0 Å². The summed E-state index contributed by atoms with van der Waals surface area (Å²) in [6.07, 6.45) is 0.878. The highest BCUT2D eigenvalue weighted by atomic mass is 35.5. The molecule has 0 bridgehead atoms. The van der Waals surface area contributed by atoms with Crippen LogP contribution in [0.25, 0.3) is 0 Å². The molecule has 0 aromatic rings. The Kier molecular flexibility index (Phi) is 11.6.